The highest BCUT2D eigenvalue weighted by Crippen LogP contribution is 2.35. The number of hydrogen-bond donors (Lipinski definition) is 0. The van der Waals surface area contributed by atoms with Crippen molar-refractivity contribution in [1.29, 1.82) is 0 Å². The lowest BCUT2D eigenvalue weighted by molar-refractivity contribution is -0.189. The van der Waals surface area contributed by atoms with E-state index in [4.69, 9.17) is 14.2 Å². The van der Waals surface area contributed by atoms with Crippen LogP contribution in [0.4, 0.5) is 0 Å². The smallest absolute Gasteiger partial charge is 0.154 e. The van der Waals surface area contributed by atoms with Crippen LogP contribution in [0, 0.1) is 0 Å². The zero-order chi connectivity index (χ0) is 19.2. The molecule has 0 spiro atoms. The summed E-state index contributed by atoms with van der Waals surface area (Å²) in [5, 5.41) is 0. The fourth-order valence-corrected chi connectivity index (χ4v) is 2.92. The predicted octanol–water partition coefficient (Wildman–Crippen LogP) is 4.73. The van der Waals surface area contributed by atoms with E-state index in [0.29, 0.717) is 6.61 Å². The highest BCUT2D eigenvalue weighted by molar-refractivity contribution is 5.64. The first kappa shape index (κ1) is 20.1. The fraction of sp³-hybridized carbons (Fsp3) is 0.409. The molecule has 140 valence electrons. The topological polar surface area (TPSA) is 44.8 Å². The maximum absolute atomic E-state index is 12.0. The molecule has 26 heavy (non-hydrogen) atoms. The third kappa shape index (κ3) is 5.41. The van der Waals surface area contributed by atoms with E-state index < -0.39 is 17.3 Å². The van der Waals surface area contributed by atoms with Gasteiger partial charge in [0.15, 0.2) is 11.9 Å². The van der Waals surface area contributed by atoms with Gasteiger partial charge < -0.3 is 19.0 Å². The molecule has 0 radical (unpaired) electrons. The number of carbonyl (C=O) groups excluding carboxylic acids is 1. The normalized spacial score (nSPS) is 15.1. The van der Waals surface area contributed by atoms with Gasteiger partial charge in [-0.1, -0.05) is 42.5 Å². The van der Waals surface area contributed by atoms with Crippen LogP contribution in [0.5, 0.6) is 5.75 Å². The number of ether oxygens (including phenoxy) is 3. The summed E-state index contributed by atoms with van der Waals surface area (Å²) in [6, 6.07) is 17.4. The lowest BCUT2D eigenvalue weighted by atomic mass is 9.92. The summed E-state index contributed by atoms with van der Waals surface area (Å²) >= 11 is 0. The summed E-state index contributed by atoms with van der Waals surface area (Å²) in [5.74, 6) is 0.794. The van der Waals surface area contributed by atoms with E-state index in [0.717, 1.165) is 23.2 Å². The first-order valence-electron chi connectivity index (χ1n) is 8.73. The molecular formula is C22H28O4. The summed E-state index contributed by atoms with van der Waals surface area (Å²) in [7, 11) is 1.64. The lowest BCUT2D eigenvalue weighted by Crippen LogP contribution is -2.45. The predicted molar refractivity (Wildman–Crippen MR) is 102 cm³/mol. The number of methoxy groups -OCH3 is 1. The second-order valence-corrected chi connectivity index (χ2v) is 7.47. The van der Waals surface area contributed by atoms with Gasteiger partial charge in [0.2, 0.25) is 0 Å². The maximum atomic E-state index is 12.0. The minimum atomic E-state index is -1.11. The van der Waals surface area contributed by atoms with Crippen LogP contribution in [0.15, 0.2) is 54.6 Å². The van der Waals surface area contributed by atoms with Crippen molar-refractivity contribution in [2.24, 2.45) is 0 Å². The van der Waals surface area contributed by atoms with Crippen LogP contribution >= 0.6 is 0 Å². The molecule has 0 fully saturated rings. The molecule has 0 N–H and O–H groups in total. The van der Waals surface area contributed by atoms with Crippen molar-refractivity contribution < 1.29 is 19.0 Å². The molecule has 2 aromatic carbocycles. The minimum Gasteiger partial charge on any atom is -0.497 e. The Hall–Kier alpha value is -2.17. The third-order valence-corrected chi connectivity index (χ3v) is 3.96. The van der Waals surface area contributed by atoms with Crippen LogP contribution in [-0.4, -0.2) is 24.6 Å². The minimum absolute atomic E-state index is 0.362. The second kappa shape index (κ2) is 8.47. The Bertz CT molecular complexity index is 688. The summed E-state index contributed by atoms with van der Waals surface area (Å²) in [5.41, 5.74) is 0.314. The molecule has 2 atom stereocenters. The Kier molecular flexibility index (Phi) is 6.57. The molecule has 0 aliphatic carbocycles. The van der Waals surface area contributed by atoms with E-state index in [1.54, 1.807) is 14.0 Å². The second-order valence-electron chi connectivity index (χ2n) is 7.47. The zero-order valence-electron chi connectivity index (χ0n) is 16.2. The van der Waals surface area contributed by atoms with Gasteiger partial charge in [0.25, 0.3) is 0 Å². The van der Waals surface area contributed by atoms with E-state index in [1.165, 1.54) is 0 Å². The first-order valence-corrected chi connectivity index (χ1v) is 8.73. The molecule has 0 heterocycles. The van der Waals surface area contributed by atoms with Gasteiger partial charge >= 0.3 is 0 Å². The van der Waals surface area contributed by atoms with Gasteiger partial charge in [0, 0.05) is 0 Å². The molecule has 0 aliphatic rings. The SMILES string of the molecule is COc1ccc(CO[C@@H](c2ccccc2)[C@@](C)(C=O)OC(C)(C)C)cc1. The molecule has 0 saturated heterocycles. The standard InChI is InChI=1S/C22H28O4/c1-21(2,3)26-22(4,16-23)20(18-9-7-6-8-10-18)25-15-17-11-13-19(24-5)14-12-17/h6-14,16,20H,15H2,1-5H3/t20-,22+/m0/s1. The summed E-state index contributed by atoms with van der Waals surface area (Å²) in [6.07, 6.45) is 0.312. The third-order valence-electron chi connectivity index (χ3n) is 3.96. The van der Waals surface area contributed by atoms with Crippen molar-refractivity contribution in [3.8, 4) is 5.75 Å². The Labute approximate surface area is 156 Å². The van der Waals surface area contributed by atoms with Gasteiger partial charge in [-0.25, -0.2) is 0 Å². The average Bonchev–Trinajstić information content (AvgIpc) is 2.62. The van der Waals surface area contributed by atoms with E-state index in [-0.39, 0.29) is 0 Å². The number of benzene rings is 2. The molecule has 4 heteroatoms. The van der Waals surface area contributed by atoms with Gasteiger partial charge in [-0.2, -0.15) is 0 Å². The van der Waals surface area contributed by atoms with Gasteiger partial charge in [-0.05, 0) is 51.0 Å². The molecule has 0 unspecified atom stereocenters. The van der Waals surface area contributed by atoms with Gasteiger partial charge in [-0.15, -0.1) is 0 Å². The number of aldehydes is 1. The Morgan fingerprint density at radius 3 is 2.08 bits per heavy atom. The molecule has 0 aromatic heterocycles. The molecule has 2 rings (SSSR count). The van der Waals surface area contributed by atoms with Crippen molar-refractivity contribution in [2.75, 3.05) is 7.11 Å². The van der Waals surface area contributed by atoms with Gasteiger partial charge in [0.1, 0.15) is 11.9 Å². The maximum Gasteiger partial charge on any atom is 0.154 e. The summed E-state index contributed by atoms with van der Waals surface area (Å²) in [4.78, 5) is 12.0. The quantitative estimate of drug-likeness (QED) is 0.642. The highest BCUT2D eigenvalue weighted by Gasteiger charge is 2.40. The first-order chi connectivity index (χ1) is 12.3. The van der Waals surface area contributed by atoms with Crippen LogP contribution < -0.4 is 4.74 Å². The Balaban J connectivity index is 2.27. The van der Waals surface area contributed by atoms with Gasteiger partial charge in [0.05, 0.1) is 19.3 Å². The zero-order valence-corrected chi connectivity index (χ0v) is 16.2. The summed E-state index contributed by atoms with van der Waals surface area (Å²) < 4.78 is 17.5. The molecule has 0 saturated carbocycles. The van der Waals surface area contributed by atoms with Crippen molar-refractivity contribution in [3.63, 3.8) is 0 Å². The van der Waals surface area contributed by atoms with Crippen molar-refractivity contribution >= 4 is 6.29 Å². The number of carbonyl (C=O) groups is 1. The Morgan fingerprint density at radius 2 is 1.58 bits per heavy atom. The number of rotatable bonds is 8. The highest BCUT2D eigenvalue weighted by atomic mass is 16.6. The largest absolute Gasteiger partial charge is 0.497 e. The molecule has 2 aromatic rings. The van der Waals surface area contributed by atoms with Crippen molar-refractivity contribution in [1.82, 2.24) is 0 Å². The van der Waals surface area contributed by atoms with Gasteiger partial charge in [-0.3, -0.25) is 0 Å². The van der Waals surface area contributed by atoms with Crippen molar-refractivity contribution in [2.45, 2.75) is 51.6 Å². The van der Waals surface area contributed by atoms with Crippen molar-refractivity contribution in [3.05, 3.63) is 65.7 Å². The number of hydrogen-bond acceptors (Lipinski definition) is 4. The summed E-state index contributed by atoms with van der Waals surface area (Å²) in [6.45, 7) is 7.93. The van der Waals surface area contributed by atoms with Crippen LogP contribution in [-0.2, 0) is 20.9 Å². The molecule has 4 nitrogen and oxygen atoms in total. The Morgan fingerprint density at radius 1 is 0.962 bits per heavy atom. The monoisotopic (exact) mass is 356 g/mol. The van der Waals surface area contributed by atoms with E-state index in [2.05, 4.69) is 0 Å². The van der Waals surface area contributed by atoms with E-state index in [1.807, 2.05) is 75.4 Å². The van der Waals surface area contributed by atoms with E-state index in [9.17, 15) is 4.79 Å². The molecule has 0 aliphatic heterocycles. The van der Waals surface area contributed by atoms with Crippen LogP contribution in [0.25, 0.3) is 0 Å². The van der Waals surface area contributed by atoms with Crippen LogP contribution in [0.3, 0.4) is 0 Å². The lowest BCUT2D eigenvalue weighted by Gasteiger charge is -2.38. The fourth-order valence-electron chi connectivity index (χ4n) is 2.92. The molecule has 0 amide bonds. The average molecular weight is 356 g/mol. The van der Waals surface area contributed by atoms with Crippen LogP contribution in [0.1, 0.15) is 44.9 Å². The van der Waals surface area contributed by atoms with Crippen LogP contribution in [0.2, 0.25) is 0 Å². The van der Waals surface area contributed by atoms with E-state index >= 15 is 0 Å². The molecule has 0 bridgehead atoms. The molecular weight excluding hydrogens is 328 g/mol.